The molecule has 5 heteroatoms. The fourth-order valence-corrected chi connectivity index (χ4v) is 1.38. The lowest BCUT2D eigenvalue weighted by molar-refractivity contribution is 0.881. The molecule has 0 aliphatic carbocycles. The molecule has 0 aliphatic heterocycles. The Kier molecular flexibility index (Phi) is 1.87. The number of nitrogens with one attached hydrogen (secondary N) is 1. The van der Waals surface area contributed by atoms with Crippen molar-refractivity contribution in [2.75, 3.05) is 0 Å². The van der Waals surface area contributed by atoms with Crippen molar-refractivity contribution in [3.8, 4) is 11.4 Å². The second kappa shape index (κ2) is 3.02. The smallest absolute Gasteiger partial charge is 0.177 e. The van der Waals surface area contributed by atoms with Gasteiger partial charge in [-0.25, -0.2) is 0 Å². The van der Waals surface area contributed by atoms with Crippen LogP contribution in [-0.2, 0) is 0 Å². The van der Waals surface area contributed by atoms with Crippen molar-refractivity contribution in [3.05, 3.63) is 28.7 Å². The Morgan fingerprint density at radius 2 is 2.08 bits per heavy atom. The molecular formula is C7H5BrN4. The summed E-state index contributed by atoms with van der Waals surface area (Å²) in [5.74, 6) is 0.600. The van der Waals surface area contributed by atoms with Crippen LogP contribution in [-0.4, -0.2) is 20.6 Å². The maximum absolute atomic E-state index is 3.87. The molecule has 2 rings (SSSR count). The third-order valence-electron chi connectivity index (χ3n) is 1.46. The first-order valence-corrected chi connectivity index (χ1v) is 4.15. The zero-order valence-electron chi connectivity index (χ0n) is 6.03. The van der Waals surface area contributed by atoms with Crippen LogP contribution in [0.15, 0.2) is 28.7 Å². The second-order valence-corrected chi connectivity index (χ2v) is 3.07. The minimum atomic E-state index is 0.600. The molecule has 0 aliphatic rings. The lowest BCUT2D eigenvalue weighted by atomic mass is 10.2. The van der Waals surface area contributed by atoms with Crippen LogP contribution in [0.1, 0.15) is 0 Å². The van der Waals surface area contributed by atoms with E-state index in [2.05, 4.69) is 36.6 Å². The number of aromatic nitrogens is 4. The van der Waals surface area contributed by atoms with E-state index in [1.54, 1.807) is 0 Å². The maximum Gasteiger partial charge on any atom is 0.205 e. The van der Waals surface area contributed by atoms with Gasteiger partial charge in [-0.2, -0.15) is 5.21 Å². The van der Waals surface area contributed by atoms with Gasteiger partial charge in [0, 0.05) is 10.0 Å². The zero-order valence-corrected chi connectivity index (χ0v) is 7.62. The highest BCUT2D eigenvalue weighted by Crippen LogP contribution is 2.23. The molecule has 0 radical (unpaired) electrons. The SMILES string of the molecule is Brc1ccccc1-c1nn[nH]n1. The lowest BCUT2D eigenvalue weighted by Crippen LogP contribution is -1.81. The van der Waals surface area contributed by atoms with Gasteiger partial charge in [0.25, 0.3) is 0 Å². The van der Waals surface area contributed by atoms with Crippen LogP contribution in [0.2, 0.25) is 0 Å². The summed E-state index contributed by atoms with van der Waals surface area (Å²) in [4.78, 5) is 0. The van der Waals surface area contributed by atoms with E-state index in [1.165, 1.54) is 0 Å². The van der Waals surface area contributed by atoms with Gasteiger partial charge < -0.3 is 0 Å². The number of benzene rings is 1. The minimum Gasteiger partial charge on any atom is -0.177 e. The molecule has 1 aromatic heterocycles. The summed E-state index contributed by atoms with van der Waals surface area (Å²) in [5, 5.41) is 13.6. The van der Waals surface area contributed by atoms with Crippen molar-refractivity contribution in [2.24, 2.45) is 0 Å². The van der Waals surface area contributed by atoms with Gasteiger partial charge in [0.2, 0.25) is 5.82 Å². The summed E-state index contributed by atoms with van der Waals surface area (Å²) in [7, 11) is 0. The average molecular weight is 225 g/mol. The topological polar surface area (TPSA) is 54.5 Å². The van der Waals surface area contributed by atoms with Crippen molar-refractivity contribution in [3.63, 3.8) is 0 Å². The Morgan fingerprint density at radius 1 is 1.25 bits per heavy atom. The van der Waals surface area contributed by atoms with Crippen LogP contribution in [0.25, 0.3) is 11.4 Å². The molecule has 2 aromatic rings. The molecule has 1 N–H and O–H groups in total. The van der Waals surface area contributed by atoms with Gasteiger partial charge in [-0.3, -0.25) is 0 Å². The lowest BCUT2D eigenvalue weighted by Gasteiger charge is -1.95. The number of halogens is 1. The van der Waals surface area contributed by atoms with Crippen LogP contribution < -0.4 is 0 Å². The third kappa shape index (κ3) is 1.23. The summed E-state index contributed by atoms with van der Waals surface area (Å²) in [6.45, 7) is 0. The number of hydrogen-bond donors (Lipinski definition) is 1. The van der Waals surface area contributed by atoms with E-state index >= 15 is 0 Å². The van der Waals surface area contributed by atoms with E-state index < -0.39 is 0 Å². The Hall–Kier alpha value is -1.23. The number of hydrogen-bond acceptors (Lipinski definition) is 3. The van der Waals surface area contributed by atoms with Gasteiger partial charge in [-0.15, -0.1) is 10.2 Å². The highest BCUT2D eigenvalue weighted by molar-refractivity contribution is 9.10. The summed E-state index contributed by atoms with van der Waals surface area (Å²) in [6.07, 6.45) is 0. The number of rotatable bonds is 1. The summed E-state index contributed by atoms with van der Waals surface area (Å²) < 4.78 is 0.964. The predicted molar refractivity (Wildman–Crippen MR) is 47.3 cm³/mol. The summed E-state index contributed by atoms with van der Waals surface area (Å²) in [5.41, 5.74) is 0.936. The van der Waals surface area contributed by atoms with Crippen LogP contribution >= 0.6 is 15.9 Å². The Bertz CT molecular complexity index is 371. The maximum atomic E-state index is 3.87. The Morgan fingerprint density at radius 3 is 2.75 bits per heavy atom. The van der Waals surface area contributed by atoms with Gasteiger partial charge in [0.05, 0.1) is 0 Å². The molecule has 0 spiro atoms. The van der Waals surface area contributed by atoms with Gasteiger partial charge in [-0.1, -0.05) is 28.1 Å². The fraction of sp³-hybridized carbons (Fsp3) is 0. The minimum absolute atomic E-state index is 0.600. The number of tetrazole rings is 1. The first kappa shape index (κ1) is 7.42. The van der Waals surface area contributed by atoms with Crippen LogP contribution in [0.4, 0.5) is 0 Å². The molecule has 0 saturated carbocycles. The van der Waals surface area contributed by atoms with Gasteiger partial charge in [-0.05, 0) is 17.3 Å². The summed E-state index contributed by atoms with van der Waals surface area (Å²) >= 11 is 3.40. The van der Waals surface area contributed by atoms with Crippen molar-refractivity contribution >= 4 is 15.9 Å². The van der Waals surface area contributed by atoms with E-state index in [0.29, 0.717) is 5.82 Å². The van der Waals surface area contributed by atoms with Crippen LogP contribution in [0, 0.1) is 0 Å². The molecule has 60 valence electrons. The highest BCUT2D eigenvalue weighted by Gasteiger charge is 2.04. The highest BCUT2D eigenvalue weighted by atomic mass is 79.9. The molecule has 0 atom stereocenters. The zero-order chi connectivity index (χ0) is 8.39. The van der Waals surface area contributed by atoms with E-state index in [4.69, 9.17) is 0 Å². The van der Waals surface area contributed by atoms with Gasteiger partial charge in [0.1, 0.15) is 0 Å². The number of aromatic amines is 1. The van der Waals surface area contributed by atoms with Crippen LogP contribution in [0.3, 0.4) is 0 Å². The summed E-state index contributed by atoms with van der Waals surface area (Å²) in [6, 6.07) is 7.73. The largest absolute Gasteiger partial charge is 0.205 e. The molecule has 4 nitrogen and oxygen atoms in total. The second-order valence-electron chi connectivity index (χ2n) is 2.22. The van der Waals surface area contributed by atoms with Gasteiger partial charge >= 0.3 is 0 Å². The van der Waals surface area contributed by atoms with Crippen molar-refractivity contribution in [1.29, 1.82) is 0 Å². The monoisotopic (exact) mass is 224 g/mol. The van der Waals surface area contributed by atoms with Crippen LogP contribution in [0.5, 0.6) is 0 Å². The average Bonchev–Trinajstić information content (AvgIpc) is 2.57. The number of H-pyrrole nitrogens is 1. The Balaban J connectivity index is 2.55. The first-order valence-electron chi connectivity index (χ1n) is 3.36. The van der Waals surface area contributed by atoms with E-state index in [-0.39, 0.29) is 0 Å². The van der Waals surface area contributed by atoms with E-state index in [1.807, 2.05) is 24.3 Å². The standard InChI is InChI=1S/C7H5BrN4/c8-6-4-2-1-3-5(6)7-9-11-12-10-7/h1-4H,(H,9,10,11,12). The molecule has 0 saturated heterocycles. The number of nitrogens with zero attached hydrogens (tertiary/aromatic N) is 3. The molecule has 0 bridgehead atoms. The third-order valence-corrected chi connectivity index (χ3v) is 2.15. The molecule has 0 unspecified atom stereocenters. The van der Waals surface area contributed by atoms with Crippen molar-refractivity contribution < 1.29 is 0 Å². The molecule has 0 fully saturated rings. The normalized spacial score (nSPS) is 10.1. The molecule has 1 heterocycles. The molecule has 12 heavy (non-hydrogen) atoms. The fourth-order valence-electron chi connectivity index (χ4n) is 0.918. The van der Waals surface area contributed by atoms with E-state index in [9.17, 15) is 0 Å². The van der Waals surface area contributed by atoms with Crippen molar-refractivity contribution in [2.45, 2.75) is 0 Å². The Labute approximate surface area is 77.1 Å². The quantitative estimate of drug-likeness (QED) is 0.802. The molecule has 1 aromatic carbocycles. The predicted octanol–water partition coefficient (Wildman–Crippen LogP) is 1.63. The first-order chi connectivity index (χ1) is 5.88. The van der Waals surface area contributed by atoms with Crippen molar-refractivity contribution in [1.82, 2.24) is 20.6 Å². The van der Waals surface area contributed by atoms with Gasteiger partial charge in [0.15, 0.2) is 0 Å². The van der Waals surface area contributed by atoms with E-state index in [0.717, 1.165) is 10.0 Å². The molecule has 0 amide bonds. The molecular weight excluding hydrogens is 220 g/mol.